The van der Waals surface area contributed by atoms with Gasteiger partial charge in [-0.15, -0.1) is 0 Å². The van der Waals surface area contributed by atoms with Crippen molar-refractivity contribution in [3.05, 3.63) is 35.6 Å². The minimum atomic E-state index is -1.04. The number of benzene rings is 1. The van der Waals surface area contributed by atoms with Crippen LogP contribution in [0.1, 0.15) is 29.5 Å². The number of hydrogen-bond donors (Lipinski definition) is 2. The number of hydrogen-bond acceptors (Lipinski definition) is 4. The number of carboxylic acids is 1. The first kappa shape index (κ1) is 14.1. The Balaban J connectivity index is 1.92. The van der Waals surface area contributed by atoms with Gasteiger partial charge >= 0.3 is 5.97 Å². The van der Waals surface area contributed by atoms with Gasteiger partial charge in [0.05, 0.1) is 6.10 Å². The Labute approximate surface area is 122 Å². The van der Waals surface area contributed by atoms with Crippen molar-refractivity contribution in [2.45, 2.75) is 26.0 Å². The van der Waals surface area contributed by atoms with Gasteiger partial charge in [0.1, 0.15) is 5.58 Å². The van der Waals surface area contributed by atoms with Gasteiger partial charge in [-0.1, -0.05) is 25.1 Å². The average Bonchev–Trinajstić information content (AvgIpc) is 2.82. The van der Waals surface area contributed by atoms with Crippen molar-refractivity contribution in [1.29, 1.82) is 0 Å². The molecule has 2 heterocycles. The molecule has 2 aromatic rings. The molecule has 0 radical (unpaired) electrons. The molecule has 2 atom stereocenters. The van der Waals surface area contributed by atoms with Gasteiger partial charge in [0, 0.05) is 30.6 Å². The minimum Gasteiger partial charge on any atom is -0.475 e. The van der Waals surface area contributed by atoms with E-state index in [0.717, 1.165) is 30.5 Å². The van der Waals surface area contributed by atoms with Gasteiger partial charge < -0.3 is 14.6 Å². The molecule has 5 heteroatoms. The molecule has 2 N–H and O–H groups in total. The molecule has 1 saturated heterocycles. The zero-order valence-corrected chi connectivity index (χ0v) is 12.0. The molecular formula is C16H19NO4. The largest absolute Gasteiger partial charge is 0.475 e. The first-order chi connectivity index (χ1) is 10.1. The smallest absolute Gasteiger partial charge is 0.372 e. The van der Waals surface area contributed by atoms with E-state index in [0.29, 0.717) is 12.1 Å². The van der Waals surface area contributed by atoms with Gasteiger partial charge in [-0.25, -0.2) is 4.79 Å². The lowest BCUT2D eigenvalue weighted by molar-refractivity contribution is 0.0317. The van der Waals surface area contributed by atoms with Crippen molar-refractivity contribution in [2.24, 2.45) is 5.92 Å². The van der Waals surface area contributed by atoms with Crippen LogP contribution >= 0.6 is 0 Å². The Hall–Kier alpha value is -1.85. The summed E-state index contributed by atoms with van der Waals surface area (Å²) in [6, 6.07) is 7.40. The Kier molecular flexibility index (Phi) is 3.69. The lowest BCUT2D eigenvalue weighted by atomic mass is 9.96. The molecule has 1 fully saturated rings. The molecule has 1 aromatic carbocycles. The number of aliphatic hydroxyl groups is 1. The molecule has 0 saturated carbocycles. The highest BCUT2D eigenvalue weighted by molar-refractivity contribution is 5.95. The predicted octanol–water partition coefficient (Wildman–Crippen LogP) is 2.33. The summed E-state index contributed by atoms with van der Waals surface area (Å²) in [6.07, 6.45) is 0.459. The van der Waals surface area contributed by atoms with Crippen molar-refractivity contribution < 1.29 is 19.4 Å². The first-order valence-corrected chi connectivity index (χ1v) is 7.20. The maximum Gasteiger partial charge on any atom is 0.372 e. The number of para-hydroxylation sites is 1. The predicted molar refractivity (Wildman–Crippen MR) is 78.2 cm³/mol. The zero-order chi connectivity index (χ0) is 15.0. The molecule has 3 rings (SSSR count). The number of rotatable bonds is 3. The van der Waals surface area contributed by atoms with Crippen molar-refractivity contribution in [2.75, 3.05) is 13.1 Å². The summed E-state index contributed by atoms with van der Waals surface area (Å²) >= 11 is 0. The van der Waals surface area contributed by atoms with Gasteiger partial charge in [0.15, 0.2) is 0 Å². The average molecular weight is 289 g/mol. The molecular weight excluding hydrogens is 270 g/mol. The number of carbonyl (C=O) groups is 1. The lowest BCUT2D eigenvalue weighted by Gasteiger charge is -2.34. The fourth-order valence-electron chi connectivity index (χ4n) is 3.02. The van der Waals surface area contributed by atoms with Gasteiger partial charge in [-0.2, -0.15) is 0 Å². The summed E-state index contributed by atoms with van der Waals surface area (Å²) in [4.78, 5) is 13.6. The summed E-state index contributed by atoms with van der Waals surface area (Å²) in [5, 5.41) is 20.0. The van der Waals surface area contributed by atoms with Crippen LogP contribution in [0.3, 0.4) is 0 Å². The summed E-state index contributed by atoms with van der Waals surface area (Å²) in [5.74, 6) is -0.813. The highest BCUT2D eigenvalue weighted by Crippen LogP contribution is 2.28. The van der Waals surface area contributed by atoms with E-state index in [1.165, 1.54) is 0 Å². The van der Waals surface area contributed by atoms with E-state index in [1.54, 1.807) is 6.07 Å². The first-order valence-electron chi connectivity index (χ1n) is 7.20. The van der Waals surface area contributed by atoms with Crippen molar-refractivity contribution in [1.82, 2.24) is 4.90 Å². The van der Waals surface area contributed by atoms with E-state index in [-0.39, 0.29) is 17.8 Å². The standard InChI is InChI=1S/C16H19NO4/c1-10-8-17(7-6-13(10)18)9-12-11-4-2-3-5-14(11)21-15(12)16(19)20/h2-5,10,13,18H,6-9H2,1H3,(H,19,20). The fourth-order valence-corrected chi connectivity index (χ4v) is 3.02. The Morgan fingerprint density at radius 2 is 2.19 bits per heavy atom. The number of furan rings is 1. The molecule has 21 heavy (non-hydrogen) atoms. The Morgan fingerprint density at radius 3 is 2.90 bits per heavy atom. The highest BCUT2D eigenvalue weighted by atomic mass is 16.4. The second-order valence-electron chi connectivity index (χ2n) is 5.78. The Bertz CT molecular complexity index is 663. The molecule has 0 amide bonds. The number of aromatic carboxylic acids is 1. The van der Waals surface area contributed by atoms with Crippen LogP contribution < -0.4 is 0 Å². The van der Waals surface area contributed by atoms with E-state index in [1.807, 2.05) is 25.1 Å². The van der Waals surface area contributed by atoms with Crippen LogP contribution in [0, 0.1) is 5.92 Å². The van der Waals surface area contributed by atoms with Crippen LogP contribution in [0.15, 0.2) is 28.7 Å². The third kappa shape index (κ3) is 2.66. The zero-order valence-electron chi connectivity index (χ0n) is 12.0. The number of piperidine rings is 1. The number of likely N-dealkylation sites (tertiary alicyclic amines) is 1. The Morgan fingerprint density at radius 1 is 1.43 bits per heavy atom. The van der Waals surface area contributed by atoms with E-state index >= 15 is 0 Å². The normalized spacial score (nSPS) is 23.5. The molecule has 112 valence electrons. The van der Waals surface area contributed by atoms with E-state index in [4.69, 9.17) is 4.42 Å². The van der Waals surface area contributed by atoms with E-state index in [9.17, 15) is 15.0 Å². The van der Waals surface area contributed by atoms with Gasteiger partial charge in [-0.3, -0.25) is 4.90 Å². The molecule has 1 aromatic heterocycles. The van der Waals surface area contributed by atoms with Crippen LogP contribution in [0.4, 0.5) is 0 Å². The SMILES string of the molecule is CC1CN(Cc2c(C(=O)O)oc3ccccc23)CCC1O. The van der Waals surface area contributed by atoms with Crippen LogP contribution in [-0.4, -0.2) is 40.3 Å². The van der Waals surface area contributed by atoms with Crippen molar-refractivity contribution in [3.8, 4) is 0 Å². The maximum absolute atomic E-state index is 11.4. The number of fused-ring (bicyclic) bond motifs is 1. The van der Waals surface area contributed by atoms with Crippen LogP contribution in [0.2, 0.25) is 0 Å². The fraction of sp³-hybridized carbons (Fsp3) is 0.438. The third-order valence-electron chi connectivity index (χ3n) is 4.22. The molecule has 5 nitrogen and oxygen atoms in total. The van der Waals surface area contributed by atoms with Crippen molar-refractivity contribution >= 4 is 16.9 Å². The monoisotopic (exact) mass is 289 g/mol. The lowest BCUT2D eigenvalue weighted by Crippen LogP contribution is -2.41. The minimum absolute atomic E-state index is 0.0231. The van der Waals surface area contributed by atoms with Crippen LogP contribution in [0.5, 0.6) is 0 Å². The topological polar surface area (TPSA) is 73.9 Å². The van der Waals surface area contributed by atoms with Gasteiger partial charge in [0.2, 0.25) is 5.76 Å². The molecule has 1 aliphatic rings. The van der Waals surface area contributed by atoms with Crippen molar-refractivity contribution in [3.63, 3.8) is 0 Å². The summed E-state index contributed by atoms with van der Waals surface area (Å²) in [6.45, 7) is 4.09. The second kappa shape index (κ2) is 5.50. The number of nitrogens with zero attached hydrogens (tertiary/aromatic N) is 1. The third-order valence-corrected chi connectivity index (χ3v) is 4.22. The molecule has 0 bridgehead atoms. The van der Waals surface area contributed by atoms with Gasteiger partial charge in [-0.05, 0) is 18.4 Å². The number of aliphatic hydroxyl groups excluding tert-OH is 1. The second-order valence-corrected chi connectivity index (χ2v) is 5.78. The van der Waals surface area contributed by atoms with Crippen LogP contribution in [-0.2, 0) is 6.54 Å². The molecule has 0 aliphatic carbocycles. The van der Waals surface area contributed by atoms with E-state index < -0.39 is 5.97 Å². The maximum atomic E-state index is 11.4. The summed E-state index contributed by atoms with van der Waals surface area (Å²) in [7, 11) is 0. The quantitative estimate of drug-likeness (QED) is 0.907. The van der Waals surface area contributed by atoms with Gasteiger partial charge in [0.25, 0.3) is 0 Å². The highest BCUT2D eigenvalue weighted by Gasteiger charge is 2.27. The molecule has 1 aliphatic heterocycles. The number of carboxylic acid groups (broad SMARTS) is 1. The molecule has 2 unspecified atom stereocenters. The van der Waals surface area contributed by atoms with Crippen LogP contribution in [0.25, 0.3) is 11.0 Å². The van der Waals surface area contributed by atoms with E-state index in [2.05, 4.69) is 4.90 Å². The summed E-state index contributed by atoms with van der Waals surface area (Å²) in [5.41, 5.74) is 1.33. The summed E-state index contributed by atoms with van der Waals surface area (Å²) < 4.78 is 5.47. The molecule has 0 spiro atoms.